The number of nitrogens with one attached hydrogen (secondary N) is 1. The Morgan fingerprint density at radius 2 is 2.31 bits per heavy atom. The molecule has 0 radical (unpaired) electrons. The number of hydrogen-bond donors (Lipinski definition) is 1. The van der Waals surface area contributed by atoms with Crippen molar-refractivity contribution < 1.29 is 0 Å². The minimum Gasteiger partial charge on any atom is -0.362 e. The van der Waals surface area contributed by atoms with Crippen LogP contribution in [-0.4, -0.2) is 19.6 Å². The van der Waals surface area contributed by atoms with Gasteiger partial charge in [-0.1, -0.05) is 0 Å². The van der Waals surface area contributed by atoms with E-state index in [4.69, 9.17) is 0 Å². The third kappa shape index (κ3) is 2.24. The zero-order valence-corrected chi connectivity index (χ0v) is 9.88. The van der Waals surface area contributed by atoms with Gasteiger partial charge < -0.3 is 5.32 Å². The van der Waals surface area contributed by atoms with Gasteiger partial charge in [0.1, 0.15) is 5.82 Å². The predicted molar refractivity (Wildman–Crippen MR) is 63.1 cm³/mol. The summed E-state index contributed by atoms with van der Waals surface area (Å²) in [7, 11) is 1.91. The first-order chi connectivity index (χ1) is 7.69. The molecule has 2 aromatic rings. The van der Waals surface area contributed by atoms with Crippen LogP contribution in [0.2, 0.25) is 0 Å². The normalized spacial score (nSPS) is 12.7. The van der Waals surface area contributed by atoms with E-state index in [-0.39, 0.29) is 6.04 Å². The molecule has 0 spiro atoms. The van der Waals surface area contributed by atoms with Crippen molar-refractivity contribution >= 4 is 5.82 Å². The topological polar surface area (TPSA) is 47.7 Å². The van der Waals surface area contributed by atoms with Gasteiger partial charge in [-0.2, -0.15) is 10.2 Å². The summed E-state index contributed by atoms with van der Waals surface area (Å²) in [5.74, 6) is 0.888. The highest BCUT2D eigenvalue weighted by atomic mass is 15.3. The van der Waals surface area contributed by atoms with Gasteiger partial charge in [0, 0.05) is 37.6 Å². The van der Waals surface area contributed by atoms with Gasteiger partial charge in [-0.3, -0.25) is 9.36 Å². The Morgan fingerprint density at radius 1 is 1.50 bits per heavy atom. The van der Waals surface area contributed by atoms with Crippen molar-refractivity contribution in [1.82, 2.24) is 19.6 Å². The van der Waals surface area contributed by atoms with Gasteiger partial charge in [-0.15, -0.1) is 0 Å². The Labute approximate surface area is 95.1 Å². The molecule has 5 heteroatoms. The molecule has 0 aliphatic carbocycles. The molecule has 16 heavy (non-hydrogen) atoms. The van der Waals surface area contributed by atoms with E-state index in [0.29, 0.717) is 0 Å². The van der Waals surface area contributed by atoms with Crippen molar-refractivity contribution in [1.29, 1.82) is 0 Å². The molecule has 0 amide bonds. The lowest BCUT2D eigenvalue weighted by Gasteiger charge is -2.10. The molecule has 2 aromatic heterocycles. The van der Waals surface area contributed by atoms with Crippen LogP contribution in [0, 0.1) is 0 Å². The fraction of sp³-hybridized carbons (Fsp3) is 0.455. The first-order valence-electron chi connectivity index (χ1n) is 5.47. The molecular formula is C11H17N5. The van der Waals surface area contributed by atoms with Crippen LogP contribution in [0.15, 0.2) is 24.7 Å². The van der Waals surface area contributed by atoms with E-state index < -0.39 is 0 Å². The van der Waals surface area contributed by atoms with E-state index in [1.165, 1.54) is 5.56 Å². The molecule has 0 fully saturated rings. The average Bonchev–Trinajstić information content (AvgIpc) is 2.87. The fourth-order valence-electron chi connectivity index (χ4n) is 1.57. The second-order valence-corrected chi connectivity index (χ2v) is 3.87. The second-order valence-electron chi connectivity index (χ2n) is 3.87. The van der Waals surface area contributed by atoms with Crippen LogP contribution in [0.1, 0.15) is 25.5 Å². The van der Waals surface area contributed by atoms with Crippen LogP contribution in [0.3, 0.4) is 0 Å². The number of rotatable bonds is 4. The van der Waals surface area contributed by atoms with Crippen LogP contribution >= 0.6 is 0 Å². The fourth-order valence-corrected chi connectivity index (χ4v) is 1.57. The van der Waals surface area contributed by atoms with Gasteiger partial charge >= 0.3 is 0 Å². The standard InChI is InChI=1S/C11H17N5/c1-4-16-8-10(7-12-16)9(2)13-11-5-6-15(3)14-11/h5-9H,4H2,1-3H3,(H,13,14). The minimum absolute atomic E-state index is 0.218. The number of hydrogen-bond acceptors (Lipinski definition) is 3. The van der Waals surface area contributed by atoms with Crippen molar-refractivity contribution in [3.63, 3.8) is 0 Å². The Morgan fingerprint density at radius 3 is 2.88 bits per heavy atom. The predicted octanol–water partition coefficient (Wildman–Crippen LogP) is 1.81. The van der Waals surface area contributed by atoms with Crippen LogP contribution in [0.5, 0.6) is 0 Å². The summed E-state index contributed by atoms with van der Waals surface area (Å²) in [4.78, 5) is 0. The van der Waals surface area contributed by atoms with Gasteiger partial charge in [-0.05, 0) is 13.8 Å². The summed E-state index contributed by atoms with van der Waals surface area (Å²) in [5.41, 5.74) is 1.17. The van der Waals surface area contributed by atoms with E-state index in [1.54, 1.807) is 4.68 Å². The number of nitrogens with zero attached hydrogens (tertiary/aromatic N) is 4. The summed E-state index contributed by atoms with van der Waals surface area (Å²) in [5, 5.41) is 11.9. The molecular weight excluding hydrogens is 202 g/mol. The molecule has 0 saturated carbocycles. The highest BCUT2D eigenvalue weighted by Crippen LogP contribution is 2.16. The van der Waals surface area contributed by atoms with Gasteiger partial charge in [0.25, 0.3) is 0 Å². The summed E-state index contributed by atoms with van der Waals surface area (Å²) in [6, 6.07) is 2.18. The van der Waals surface area contributed by atoms with Crippen LogP contribution in [0.25, 0.3) is 0 Å². The van der Waals surface area contributed by atoms with Crippen molar-refractivity contribution in [3.8, 4) is 0 Å². The molecule has 0 saturated heterocycles. The molecule has 2 rings (SSSR count). The van der Waals surface area contributed by atoms with Gasteiger partial charge in [0.05, 0.1) is 12.2 Å². The average molecular weight is 219 g/mol. The molecule has 1 atom stereocenters. The molecule has 0 aliphatic rings. The van der Waals surface area contributed by atoms with Crippen molar-refractivity contribution in [2.24, 2.45) is 7.05 Å². The molecule has 5 nitrogen and oxygen atoms in total. The van der Waals surface area contributed by atoms with E-state index in [2.05, 4.69) is 35.6 Å². The maximum Gasteiger partial charge on any atom is 0.148 e. The smallest absolute Gasteiger partial charge is 0.148 e. The maximum absolute atomic E-state index is 4.28. The molecule has 0 aliphatic heterocycles. The third-order valence-electron chi connectivity index (χ3n) is 2.56. The van der Waals surface area contributed by atoms with Crippen molar-refractivity contribution in [3.05, 3.63) is 30.2 Å². The number of aromatic nitrogens is 4. The summed E-state index contributed by atoms with van der Waals surface area (Å²) in [6.45, 7) is 5.08. The van der Waals surface area contributed by atoms with Crippen molar-refractivity contribution in [2.45, 2.75) is 26.4 Å². The zero-order valence-electron chi connectivity index (χ0n) is 9.88. The van der Waals surface area contributed by atoms with Crippen molar-refractivity contribution in [2.75, 3.05) is 5.32 Å². The first kappa shape index (κ1) is 10.7. The van der Waals surface area contributed by atoms with Gasteiger partial charge in [0.15, 0.2) is 0 Å². The lowest BCUT2D eigenvalue weighted by Crippen LogP contribution is -2.06. The first-order valence-corrected chi connectivity index (χ1v) is 5.47. The summed E-state index contributed by atoms with van der Waals surface area (Å²) in [6.07, 6.45) is 5.87. The van der Waals surface area contributed by atoms with E-state index >= 15 is 0 Å². The van der Waals surface area contributed by atoms with Gasteiger partial charge in [0.2, 0.25) is 0 Å². The molecule has 86 valence electrons. The van der Waals surface area contributed by atoms with Crippen LogP contribution in [-0.2, 0) is 13.6 Å². The SMILES string of the molecule is CCn1cc(C(C)Nc2ccn(C)n2)cn1. The minimum atomic E-state index is 0.218. The van der Waals surface area contributed by atoms with E-state index in [9.17, 15) is 0 Å². The Hall–Kier alpha value is -1.78. The largest absolute Gasteiger partial charge is 0.362 e. The van der Waals surface area contributed by atoms with E-state index in [1.807, 2.05) is 30.2 Å². The Balaban J connectivity index is 2.05. The van der Waals surface area contributed by atoms with Crippen LogP contribution < -0.4 is 5.32 Å². The highest BCUT2D eigenvalue weighted by molar-refractivity contribution is 5.35. The zero-order chi connectivity index (χ0) is 11.5. The van der Waals surface area contributed by atoms with Crippen LogP contribution in [0.4, 0.5) is 5.82 Å². The summed E-state index contributed by atoms with van der Waals surface area (Å²) < 4.78 is 3.70. The summed E-state index contributed by atoms with van der Waals surface area (Å²) >= 11 is 0. The molecule has 2 heterocycles. The second kappa shape index (κ2) is 4.38. The molecule has 1 unspecified atom stereocenters. The third-order valence-corrected chi connectivity index (χ3v) is 2.56. The lowest BCUT2D eigenvalue weighted by atomic mass is 10.2. The number of aryl methyl sites for hydroxylation is 2. The quantitative estimate of drug-likeness (QED) is 0.853. The maximum atomic E-state index is 4.28. The monoisotopic (exact) mass is 219 g/mol. The number of anilines is 1. The molecule has 0 aromatic carbocycles. The Bertz CT molecular complexity index is 456. The van der Waals surface area contributed by atoms with Gasteiger partial charge in [-0.25, -0.2) is 0 Å². The van der Waals surface area contributed by atoms with E-state index in [0.717, 1.165) is 12.4 Å². The lowest BCUT2D eigenvalue weighted by molar-refractivity contribution is 0.658. The molecule has 1 N–H and O–H groups in total. The Kier molecular flexibility index (Phi) is 2.94. The highest BCUT2D eigenvalue weighted by Gasteiger charge is 2.08. The molecule has 0 bridgehead atoms.